The zero-order valence-corrected chi connectivity index (χ0v) is 14.8. The second kappa shape index (κ2) is 6.80. The molecular formula is C16H19N3O2S2. The maximum Gasteiger partial charge on any atom is 0.321 e. The normalized spacial score (nSPS) is 14.8. The maximum absolute atomic E-state index is 12.3. The van der Waals surface area contributed by atoms with Crippen molar-refractivity contribution in [3.05, 3.63) is 29.1 Å². The molecule has 0 unspecified atom stereocenters. The Bertz CT molecular complexity index is 736. The molecule has 3 rings (SSSR count). The minimum absolute atomic E-state index is 0.00241. The van der Waals surface area contributed by atoms with E-state index in [0.717, 1.165) is 40.4 Å². The van der Waals surface area contributed by atoms with Crippen molar-refractivity contribution in [2.75, 3.05) is 44.0 Å². The molecule has 2 heterocycles. The van der Waals surface area contributed by atoms with Gasteiger partial charge in [0.25, 0.3) is 5.91 Å². The van der Waals surface area contributed by atoms with Gasteiger partial charge in [-0.15, -0.1) is 11.3 Å². The van der Waals surface area contributed by atoms with Crippen LogP contribution in [0.15, 0.2) is 24.3 Å². The fourth-order valence-electron chi connectivity index (χ4n) is 2.42. The Balaban J connectivity index is 1.77. The van der Waals surface area contributed by atoms with Crippen LogP contribution in [0, 0.1) is 0 Å². The van der Waals surface area contributed by atoms with Gasteiger partial charge in [0, 0.05) is 49.1 Å². The highest BCUT2D eigenvalue weighted by Crippen LogP contribution is 2.29. The second-order valence-corrected chi connectivity index (χ2v) is 7.90. The van der Waals surface area contributed by atoms with E-state index < -0.39 is 0 Å². The standard InChI is InChI=1S/C16H19N3O2S2/c1-18(2)15(20)14-10-11-9-12(3-4-13(11)23-14)17-16(21)19-5-7-22-8-6-19/h3-4,9-10H,5-8H2,1-2H3,(H,17,21). The summed E-state index contributed by atoms with van der Waals surface area (Å²) in [6.07, 6.45) is 0. The number of amides is 3. The van der Waals surface area contributed by atoms with Gasteiger partial charge in [0.15, 0.2) is 0 Å². The van der Waals surface area contributed by atoms with Crippen LogP contribution < -0.4 is 5.32 Å². The highest BCUT2D eigenvalue weighted by atomic mass is 32.2. The average molecular weight is 349 g/mol. The fourth-order valence-corrected chi connectivity index (χ4v) is 4.38. The van der Waals surface area contributed by atoms with E-state index in [2.05, 4.69) is 5.32 Å². The van der Waals surface area contributed by atoms with Gasteiger partial charge in [0.1, 0.15) is 0 Å². The predicted molar refractivity (Wildman–Crippen MR) is 97.8 cm³/mol. The number of nitrogens with zero attached hydrogens (tertiary/aromatic N) is 2. The first kappa shape index (κ1) is 16.1. The molecule has 1 fully saturated rings. The first-order valence-electron chi connectivity index (χ1n) is 7.43. The fraction of sp³-hybridized carbons (Fsp3) is 0.375. The molecule has 3 amide bonds. The lowest BCUT2D eigenvalue weighted by molar-refractivity contribution is 0.0832. The molecule has 1 aliphatic rings. The van der Waals surface area contributed by atoms with E-state index in [1.54, 1.807) is 19.0 Å². The molecular weight excluding hydrogens is 330 g/mol. The Morgan fingerprint density at radius 2 is 1.91 bits per heavy atom. The summed E-state index contributed by atoms with van der Waals surface area (Å²) in [6, 6.07) is 7.60. The van der Waals surface area contributed by atoms with Gasteiger partial charge in [-0.1, -0.05) is 0 Å². The van der Waals surface area contributed by atoms with Crippen molar-refractivity contribution in [2.24, 2.45) is 0 Å². The summed E-state index contributed by atoms with van der Waals surface area (Å²) in [4.78, 5) is 28.4. The Kier molecular flexibility index (Phi) is 4.77. The number of urea groups is 1. The van der Waals surface area contributed by atoms with Crippen LogP contribution in [-0.2, 0) is 0 Å². The Hall–Kier alpha value is -1.73. The number of thioether (sulfide) groups is 1. The zero-order valence-electron chi connectivity index (χ0n) is 13.2. The Morgan fingerprint density at radius 1 is 1.17 bits per heavy atom. The Morgan fingerprint density at radius 3 is 2.61 bits per heavy atom. The van der Waals surface area contributed by atoms with Crippen LogP contribution >= 0.6 is 23.1 Å². The molecule has 0 atom stereocenters. The van der Waals surface area contributed by atoms with Crippen LogP contribution in [0.25, 0.3) is 10.1 Å². The van der Waals surface area contributed by atoms with Gasteiger partial charge in [-0.25, -0.2) is 4.79 Å². The van der Waals surface area contributed by atoms with E-state index in [1.165, 1.54) is 11.3 Å². The Labute approximate surface area is 143 Å². The smallest absolute Gasteiger partial charge is 0.321 e. The van der Waals surface area contributed by atoms with Crippen LogP contribution in [0.3, 0.4) is 0 Å². The van der Waals surface area contributed by atoms with Crippen LogP contribution in [0.1, 0.15) is 9.67 Å². The van der Waals surface area contributed by atoms with Gasteiger partial charge >= 0.3 is 6.03 Å². The van der Waals surface area contributed by atoms with Gasteiger partial charge in [-0.2, -0.15) is 11.8 Å². The summed E-state index contributed by atoms with van der Waals surface area (Å²) < 4.78 is 1.04. The van der Waals surface area contributed by atoms with E-state index >= 15 is 0 Å². The van der Waals surface area contributed by atoms with Gasteiger partial charge in [-0.3, -0.25) is 4.79 Å². The largest absolute Gasteiger partial charge is 0.344 e. The maximum atomic E-state index is 12.3. The minimum Gasteiger partial charge on any atom is -0.344 e. The van der Waals surface area contributed by atoms with Crippen molar-refractivity contribution in [1.82, 2.24) is 9.80 Å². The van der Waals surface area contributed by atoms with E-state index in [0.29, 0.717) is 4.88 Å². The molecule has 122 valence electrons. The quantitative estimate of drug-likeness (QED) is 0.906. The average Bonchev–Trinajstić information content (AvgIpc) is 2.98. The lowest BCUT2D eigenvalue weighted by Crippen LogP contribution is -2.40. The molecule has 0 saturated carbocycles. The van der Waals surface area contributed by atoms with Crippen molar-refractivity contribution >= 4 is 50.8 Å². The molecule has 1 aromatic carbocycles. The number of hydrogen-bond donors (Lipinski definition) is 1. The van der Waals surface area contributed by atoms with Crippen molar-refractivity contribution in [3.8, 4) is 0 Å². The van der Waals surface area contributed by atoms with Gasteiger partial charge in [0.05, 0.1) is 4.88 Å². The zero-order chi connectivity index (χ0) is 16.4. The van der Waals surface area contributed by atoms with Crippen molar-refractivity contribution in [1.29, 1.82) is 0 Å². The molecule has 7 heteroatoms. The first-order chi connectivity index (χ1) is 11.0. The monoisotopic (exact) mass is 349 g/mol. The molecule has 23 heavy (non-hydrogen) atoms. The van der Waals surface area contributed by atoms with Crippen molar-refractivity contribution in [3.63, 3.8) is 0 Å². The number of carbonyl (C=O) groups is 2. The number of anilines is 1. The number of carbonyl (C=O) groups excluding carboxylic acids is 2. The third-order valence-electron chi connectivity index (χ3n) is 3.68. The molecule has 1 aromatic heterocycles. The lowest BCUT2D eigenvalue weighted by atomic mass is 10.2. The van der Waals surface area contributed by atoms with Crippen molar-refractivity contribution in [2.45, 2.75) is 0 Å². The highest BCUT2D eigenvalue weighted by Gasteiger charge is 2.17. The summed E-state index contributed by atoms with van der Waals surface area (Å²) >= 11 is 3.35. The summed E-state index contributed by atoms with van der Waals surface area (Å²) in [7, 11) is 3.49. The second-order valence-electron chi connectivity index (χ2n) is 5.59. The molecule has 1 saturated heterocycles. The van der Waals surface area contributed by atoms with Gasteiger partial charge < -0.3 is 15.1 Å². The molecule has 1 N–H and O–H groups in total. The molecule has 0 spiro atoms. The highest BCUT2D eigenvalue weighted by molar-refractivity contribution is 7.99. The van der Waals surface area contributed by atoms with Gasteiger partial charge in [0.2, 0.25) is 0 Å². The SMILES string of the molecule is CN(C)C(=O)c1cc2cc(NC(=O)N3CCSCC3)ccc2s1. The summed E-state index contributed by atoms with van der Waals surface area (Å²) in [6.45, 7) is 1.58. The number of thiophene rings is 1. The third-order valence-corrected chi connectivity index (χ3v) is 5.73. The van der Waals surface area contributed by atoms with Crippen LogP contribution in [0.4, 0.5) is 10.5 Å². The summed E-state index contributed by atoms with van der Waals surface area (Å²) in [5.41, 5.74) is 0.766. The minimum atomic E-state index is -0.0514. The van der Waals surface area contributed by atoms with E-state index in [-0.39, 0.29) is 11.9 Å². The number of benzene rings is 1. The number of nitrogens with one attached hydrogen (secondary N) is 1. The van der Waals surface area contributed by atoms with Crippen LogP contribution in [0.2, 0.25) is 0 Å². The number of hydrogen-bond acceptors (Lipinski definition) is 4. The summed E-state index contributed by atoms with van der Waals surface area (Å²) in [5, 5.41) is 3.93. The van der Waals surface area contributed by atoms with E-state index in [1.807, 2.05) is 40.9 Å². The molecule has 0 bridgehead atoms. The van der Waals surface area contributed by atoms with Gasteiger partial charge in [-0.05, 0) is 29.7 Å². The van der Waals surface area contributed by atoms with Crippen LogP contribution in [-0.4, -0.2) is 60.4 Å². The summed E-state index contributed by atoms with van der Waals surface area (Å²) in [5.74, 6) is 1.99. The predicted octanol–water partition coefficient (Wildman–Crippen LogP) is 3.18. The number of rotatable bonds is 2. The van der Waals surface area contributed by atoms with E-state index in [4.69, 9.17) is 0 Å². The molecule has 0 aliphatic carbocycles. The molecule has 1 aliphatic heterocycles. The van der Waals surface area contributed by atoms with E-state index in [9.17, 15) is 9.59 Å². The third kappa shape index (κ3) is 3.61. The first-order valence-corrected chi connectivity index (χ1v) is 9.40. The molecule has 2 aromatic rings. The topological polar surface area (TPSA) is 52.7 Å². The van der Waals surface area contributed by atoms with Crippen LogP contribution in [0.5, 0.6) is 0 Å². The van der Waals surface area contributed by atoms with Crippen molar-refractivity contribution < 1.29 is 9.59 Å². The lowest BCUT2D eigenvalue weighted by Gasteiger charge is -2.26. The number of fused-ring (bicyclic) bond motifs is 1. The molecule has 5 nitrogen and oxygen atoms in total. The molecule has 0 radical (unpaired) electrons.